The quantitative estimate of drug-likeness (QED) is 0.283. The molecule has 11 nitrogen and oxygen atoms in total. The van der Waals surface area contributed by atoms with Gasteiger partial charge in [0.15, 0.2) is 0 Å². The van der Waals surface area contributed by atoms with E-state index < -0.39 is 17.6 Å². The second-order valence-electron chi connectivity index (χ2n) is 12.6. The molecule has 11 heteroatoms. The maximum atomic E-state index is 13.1. The molecule has 0 saturated carbocycles. The molecule has 0 spiro atoms. The minimum Gasteiger partial charge on any atom is -0.444 e. The topological polar surface area (TPSA) is 124 Å². The number of hydrogen-bond donors (Lipinski definition) is 2. The molecule has 5 rings (SSSR count). The van der Waals surface area contributed by atoms with E-state index in [0.717, 1.165) is 49.0 Å². The number of rotatable bonds is 9. The lowest BCUT2D eigenvalue weighted by atomic mass is 10.0. The van der Waals surface area contributed by atoms with Crippen LogP contribution >= 0.6 is 0 Å². The summed E-state index contributed by atoms with van der Waals surface area (Å²) in [6, 6.07) is 13.5. The van der Waals surface area contributed by atoms with Crippen molar-refractivity contribution in [1.29, 1.82) is 0 Å². The highest BCUT2D eigenvalue weighted by atomic mass is 16.6. The molecular weight excluding hydrogens is 562 g/mol. The van der Waals surface area contributed by atoms with Gasteiger partial charge in [0.2, 0.25) is 11.8 Å². The molecule has 2 atom stereocenters. The number of amides is 3. The van der Waals surface area contributed by atoms with Crippen LogP contribution in [0.3, 0.4) is 0 Å². The van der Waals surface area contributed by atoms with Crippen LogP contribution in [0.15, 0.2) is 47.3 Å². The molecule has 3 amide bonds. The Morgan fingerprint density at radius 2 is 1.75 bits per heavy atom. The van der Waals surface area contributed by atoms with E-state index in [2.05, 4.69) is 34.9 Å². The van der Waals surface area contributed by atoms with Crippen molar-refractivity contribution in [3.63, 3.8) is 0 Å². The summed E-state index contributed by atoms with van der Waals surface area (Å²) < 4.78 is 14.6. The van der Waals surface area contributed by atoms with E-state index in [1.54, 1.807) is 11.6 Å². The fourth-order valence-corrected chi connectivity index (χ4v) is 5.93. The number of hydrogen-bond acceptors (Lipinski definition) is 7. The Balaban J connectivity index is 1.12. The van der Waals surface area contributed by atoms with Crippen molar-refractivity contribution in [3.8, 4) is 11.1 Å². The van der Waals surface area contributed by atoms with Gasteiger partial charge in [0.1, 0.15) is 11.6 Å². The number of aromatic nitrogens is 2. The number of nitrogens with one attached hydrogen (secondary N) is 2. The number of piperidine rings is 1. The number of carbonyl (C=O) groups excluding carboxylic acids is 3. The number of fused-ring (bicyclic) bond motifs is 1. The van der Waals surface area contributed by atoms with Crippen LogP contribution in [0.4, 0.5) is 4.79 Å². The number of nitrogens with zero attached hydrogens (tertiary/aromatic N) is 3. The second-order valence-corrected chi connectivity index (χ2v) is 12.6. The zero-order valence-corrected chi connectivity index (χ0v) is 26.1. The zero-order chi connectivity index (χ0) is 31.4. The van der Waals surface area contributed by atoms with Crippen LogP contribution in [0.5, 0.6) is 0 Å². The van der Waals surface area contributed by atoms with Crippen molar-refractivity contribution in [2.45, 2.75) is 70.6 Å². The third-order valence-electron chi connectivity index (χ3n) is 8.24. The van der Waals surface area contributed by atoms with Crippen LogP contribution in [0, 0.1) is 0 Å². The number of aryl methyl sites for hydroxylation is 1. The number of ether oxygens (including phenoxy) is 2. The van der Waals surface area contributed by atoms with E-state index in [4.69, 9.17) is 9.47 Å². The Kier molecular flexibility index (Phi) is 9.55. The molecule has 2 aliphatic rings. The molecule has 2 saturated heterocycles. The largest absolute Gasteiger partial charge is 0.444 e. The maximum Gasteiger partial charge on any atom is 0.410 e. The summed E-state index contributed by atoms with van der Waals surface area (Å²) in [5.41, 5.74) is 3.77. The Labute approximate surface area is 257 Å². The number of carbonyl (C=O) groups is 3. The van der Waals surface area contributed by atoms with Gasteiger partial charge < -0.3 is 19.7 Å². The summed E-state index contributed by atoms with van der Waals surface area (Å²) in [6.45, 7) is 9.10. The van der Waals surface area contributed by atoms with E-state index in [1.807, 2.05) is 43.9 Å². The van der Waals surface area contributed by atoms with Crippen molar-refractivity contribution in [3.05, 3.63) is 58.5 Å². The summed E-state index contributed by atoms with van der Waals surface area (Å²) in [7, 11) is 1.70. The van der Waals surface area contributed by atoms with Gasteiger partial charge in [-0.05, 0) is 75.3 Å². The summed E-state index contributed by atoms with van der Waals surface area (Å²) in [5.74, 6) is -0.747. The molecule has 1 aromatic heterocycles. The predicted molar refractivity (Wildman–Crippen MR) is 167 cm³/mol. The van der Waals surface area contributed by atoms with E-state index in [9.17, 15) is 19.2 Å². The molecule has 2 aromatic carbocycles. The van der Waals surface area contributed by atoms with Gasteiger partial charge in [-0.25, -0.2) is 9.59 Å². The fourth-order valence-electron chi connectivity index (χ4n) is 5.93. The number of benzene rings is 2. The maximum absolute atomic E-state index is 13.1. The van der Waals surface area contributed by atoms with Crippen LogP contribution in [-0.2, 0) is 32.5 Å². The molecule has 2 unspecified atom stereocenters. The van der Waals surface area contributed by atoms with Crippen LogP contribution in [0.2, 0.25) is 0 Å². The van der Waals surface area contributed by atoms with Crippen LogP contribution < -0.4 is 16.3 Å². The molecule has 2 N–H and O–H groups in total. The van der Waals surface area contributed by atoms with Gasteiger partial charge in [0.05, 0.1) is 17.6 Å². The van der Waals surface area contributed by atoms with Gasteiger partial charge >= 0.3 is 11.8 Å². The van der Waals surface area contributed by atoms with Gasteiger partial charge in [-0.1, -0.05) is 30.3 Å². The van der Waals surface area contributed by atoms with Crippen LogP contribution in [-0.4, -0.2) is 76.4 Å². The SMILES string of the molecule is Cn1c(=O)n(C2CCC(=O)NC2=O)c2ccc(-c3ccc(CCOCCCC4CNCCN4C(=O)OC(C)(C)C)cc3)cc21. The van der Waals surface area contributed by atoms with Crippen LogP contribution in [0.25, 0.3) is 22.2 Å². The highest BCUT2D eigenvalue weighted by Gasteiger charge is 2.32. The summed E-state index contributed by atoms with van der Waals surface area (Å²) in [5, 5.41) is 5.72. The Hall–Kier alpha value is -3.96. The lowest BCUT2D eigenvalue weighted by Crippen LogP contribution is -2.54. The molecule has 0 aliphatic carbocycles. The molecule has 0 bridgehead atoms. The van der Waals surface area contributed by atoms with Crippen molar-refractivity contribution in [2.75, 3.05) is 32.8 Å². The van der Waals surface area contributed by atoms with Gasteiger partial charge in [0.25, 0.3) is 0 Å². The number of piperazine rings is 1. The van der Waals surface area contributed by atoms with Crippen LogP contribution in [0.1, 0.15) is 58.1 Å². The third-order valence-corrected chi connectivity index (χ3v) is 8.24. The highest BCUT2D eigenvalue weighted by molar-refractivity contribution is 6.00. The molecule has 2 fully saturated rings. The summed E-state index contributed by atoms with van der Waals surface area (Å²) in [4.78, 5) is 51.6. The average Bonchev–Trinajstić information content (AvgIpc) is 3.23. The first-order valence-corrected chi connectivity index (χ1v) is 15.4. The first-order valence-electron chi connectivity index (χ1n) is 15.4. The van der Waals surface area contributed by atoms with E-state index >= 15 is 0 Å². The lowest BCUT2D eigenvalue weighted by molar-refractivity contribution is -0.135. The molecule has 0 radical (unpaired) electrons. The Morgan fingerprint density at radius 3 is 2.48 bits per heavy atom. The van der Waals surface area contributed by atoms with Crippen molar-refractivity contribution >= 4 is 28.9 Å². The predicted octanol–water partition coefficient (Wildman–Crippen LogP) is 3.53. The second kappa shape index (κ2) is 13.4. The third kappa shape index (κ3) is 7.22. The number of imidazole rings is 1. The summed E-state index contributed by atoms with van der Waals surface area (Å²) in [6.07, 6.45) is 2.78. The van der Waals surface area contributed by atoms with Gasteiger partial charge in [-0.3, -0.25) is 24.0 Å². The van der Waals surface area contributed by atoms with E-state index in [1.165, 1.54) is 10.1 Å². The smallest absolute Gasteiger partial charge is 0.410 e. The standard InChI is InChI=1S/C33H43N5O6/c1-33(2,3)44-32(42)37-17-16-34-21-25(37)6-5-18-43-19-15-22-7-9-23(10-8-22)24-11-12-26-28(20-24)36(4)31(41)38(26)27-13-14-29(39)35-30(27)40/h7-12,20,25,27,34H,5-6,13-19,21H2,1-4H3,(H,35,39,40). The monoisotopic (exact) mass is 605 g/mol. The highest BCUT2D eigenvalue weighted by Crippen LogP contribution is 2.28. The van der Waals surface area contributed by atoms with Gasteiger partial charge in [0, 0.05) is 45.8 Å². The molecule has 44 heavy (non-hydrogen) atoms. The Morgan fingerprint density at radius 1 is 1.00 bits per heavy atom. The van der Waals surface area contributed by atoms with Crippen molar-refractivity contribution in [1.82, 2.24) is 24.7 Å². The minimum absolute atomic E-state index is 0.104. The zero-order valence-electron chi connectivity index (χ0n) is 26.1. The molecule has 3 heterocycles. The normalized spacial score (nSPS) is 19.3. The molecule has 2 aliphatic heterocycles. The first kappa shape index (κ1) is 31.5. The lowest BCUT2D eigenvalue weighted by Gasteiger charge is -2.37. The van der Waals surface area contributed by atoms with Crippen molar-refractivity contribution < 1.29 is 23.9 Å². The fraction of sp³-hybridized carbons (Fsp3) is 0.515. The average molecular weight is 606 g/mol. The molecular formula is C33H43N5O6. The summed E-state index contributed by atoms with van der Waals surface area (Å²) >= 11 is 0. The van der Waals surface area contributed by atoms with E-state index in [-0.39, 0.29) is 30.2 Å². The van der Waals surface area contributed by atoms with Gasteiger partial charge in [-0.15, -0.1) is 0 Å². The number of imide groups is 1. The van der Waals surface area contributed by atoms with E-state index in [0.29, 0.717) is 31.7 Å². The Bertz CT molecular complexity index is 1570. The molecule has 236 valence electrons. The first-order chi connectivity index (χ1) is 21.0. The van der Waals surface area contributed by atoms with Gasteiger partial charge in [-0.2, -0.15) is 0 Å². The molecule has 3 aromatic rings. The minimum atomic E-state index is -0.701. The van der Waals surface area contributed by atoms with Crippen molar-refractivity contribution in [2.24, 2.45) is 7.05 Å².